The van der Waals surface area contributed by atoms with Gasteiger partial charge in [-0.05, 0) is 35.7 Å². The smallest absolute Gasteiger partial charge is 0.339 e. The molecule has 0 amide bonds. The first-order valence-corrected chi connectivity index (χ1v) is 6.38. The summed E-state index contributed by atoms with van der Waals surface area (Å²) in [6.45, 7) is 4.17. The Morgan fingerprint density at radius 2 is 1.95 bits per heavy atom. The molecular formula is C16H17NO3. The number of hydrogen-bond donors (Lipinski definition) is 2. The summed E-state index contributed by atoms with van der Waals surface area (Å²) in [7, 11) is 0. The Kier molecular flexibility index (Phi) is 3.94. The molecule has 0 aliphatic heterocycles. The second kappa shape index (κ2) is 5.65. The number of carboxylic acid groups (broad SMARTS) is 1. The molecule has 0 heterocycles. The molecule has 104 valence electrons. The fourth-order valence-corrected chi connectivity index (χ4v) is 1.86. The zero-order valence-electron chi connectivity index (χ0n) is 11.5. The maximum atomic E-state index is 11.2. The maximum Gasteiger partial charge on any atom is 0.339 e. The Balaban J connectivity index is 2.36. The highest BCUT2D eigenvalue weighted by Gasteiger charge is 2.12. The van der Waals surface area contributed by atoms with Crippen molar-refractivity contribution in [3.63, 3.8) is 0 Å². The summed E-state index contributed by atoms with van der Waals surface area (Å²) in [6.07, 6.45) is 0. The summed E-state index contributed by atoms with van der Waals surface area (Å²) in [4.78, 5) is 11.2. The number of hydrogen-bond acceptors (Lipinski definition) is 3. The molecule has 3 N–H and O–H groups in total. The van der Waals surface area contributed by atoms with E-state index in [2.05, 4.69) is 13.8 Å². The fraction of sp³-hybridized carbons (Fsp3) is 0.188. The van der Waals surface area contributed by atoms with Gasteiger partial charge < -0.3 is 15.6 Å². The summed E-state index contributed by atoms with van der Waals surface area (Å²) in [5.41, 5.74) is 7.37. The molecule has 2 aromatic rings. The van der Waals surface area contributed by atoms with Crippen LogP contribution in [0.3, 0.4) is 0 Å². The Bertz CT molecular complexity index is 635. The lowest BCUT2D eigenvalue weighted by molar-refractivity contribution is 0.0694. The molecule has 0 atom stereocenters. The van der Waals surface area contributed by atoms with Crippen LogP contribution in [0.15, 0.2) is 42.5 Å². The van der Waals surface area contributed by atoms with Crippen LogP contribution >= 0.6 is 0 Å². The Labute approximate surface area is 117 Å². The number of anilines is 1. The summed E-state index contributed by atoms with van der Waals surface area (Å²) in [5, 5.41) is 9.16. The number of aromatic carboxylic acids is 1. The first kappa shape index (κ1) is 13.9. The van der Waals surface area contributed by atoms with Crippen molar-refractivity contribution < 1.29 is 14.6 Å². The molecule has 4 heteroatoms. The van der Waals surface area contributed by atoms with Crippen LogP contribution in [0.5, 0.6) is 11.5 Å². The number of carboxylic acids is 1. The van der Waals surface area contributed by atoms with E-state index in [1.165, 1.54) is 12.1 Å². The normalized spacial score (nSPS) is 10.6. The summed E-state index contributed by atoms with van der Waals surface area (Å²) < 4.78 is 5.68. The standard InChI is InChI=1S/C16H17NO3/c1-10(2)11-4-3-5-13(8-11)20-15-9-12(17)6-7-14(15)16(18)19/h3-10H,17H2,1-2H3,(H,18,19). The fourth-order valence-electron chi connectivity index (χ4n) is 1.86. The van der Waals surface area contributed by atoms with E-state index in [9.17, 15) is 4.79 Å². The van der Waals surface area contributed by atoms with Crippen LogP contribution < -0.4 is 10.5 Å². The van der Waals surface area contributed by atoms with Crippen molar-refractivity contribution in [2.75, 3.05) is 5.73 Å². The third-order valence-corrected chi connectivity index (χ3v) is 2.99. The maximum absolute atomic E-state index is 11.2. The summed E-state index contributed by atoms with van der Waals surface area (Å²) in [6, 6.07) is 12.1. The molecule has 0 spiro atoms. The van der Waals surface area contributed by atoms with Gasteiger partial charge in [0.25, 0.3) is 0 Å². The molecule has 0 aliphatic rings. The van der Waals surface area contributed by atoms with Gasteiger partial charge in [0, 0.05) is 11.8 Å². The van der Waals surface area contributed by atoms with Gasteiger partial charge in [-0.1, -0.05) is 26.0 Å². The minimum absolute atomic E-state index is 0.0918. The molecule has 0 radical (unpaired) electrons. The van der Waals surface area contributed by atoms with Crippen molar-refractivity contribution in [1.29, 1.82) is 0 Å². The van der Waals surface area contributed by atoms with Crippen molar-refractivity contribution in [2.45, 2.75) is 19.8 Å². The monoisotopic (exact) mass is 271 g/mol. The van der Waals surface area contributed by atoms with Crippen molar-refractivity contribution in [3.8, 4) is 11.5 Å². The van der Waals surface area contributed by atoms with Crippen LogP contribution in [0.25, 0.3) is 0 Å². The lowest BCUT2D eigenvalue weighted by Crippen LogP contribution is -2.01. The first-order valence-electron chi connectivity index (χ1n) is 6.38. The molecular weight excluding hydrogens is 254 g/mol. The van der Waals surface area contributed by atoms with Gasteiger partial charge in [-0.15, -0.1) is 0 Å². The van der Waals surface area contributed by atoms with Gasteiger partial charge in [0.1, 0.15) is 17.1 Å². The number of ether oxygens (including phenoxy) is 1. The largest absolute Gasteiger partial charge is 0.478 e. The van der Waals surface area contributed by atoms with Crippen molar-refractivity contribution >= 4 is 11.7 Å². The molecule has 0 saturated carbocycles. The first-order chi connectivity index (χ1) is 9.47. The van der Waals surface area contributed by atoms with Crippen molar-refractivity contribution in [1.82, 2.24) is 0 Å². The molecule has 0 aliphatic carbocycles. The van der Waals surface area contributed by atoms with Gasteiger partial charge in [0.05, 0.1) is 0 Å². The SMILES string of the molecule is CC(C)c1cccc(Oc2cc(N)ccc2C(=O)O)c1. The van der Waals surface area contributed by atoms with Gasteiger partial charge in [0.2, 0.25) is 0 Å². The van der Waals surface area contributed by atoms with Gasteiger partial charge >= 0.3 is 5.97 Å². The molecule has 0 unspecified atom stereocenters. The predicted molar refractivity (Wildman–Crippen MR) is 78.4 cm³/mol. The topological polar surface area (TPSA) is 72.5 Å². The second-order valence-electron chi connectivity index (χ2n) is 4.89. The highest BCUT2D eigenvalue weighted by Crippen LogP contribution is 2.29. The van der Waals surface area contributed by atoms with E-state index in [1.54, 1.807) is 12.1 Å². The van der Waals surface area contributed by atoms with E-state index in [0.717, 1.165) is 5.56 Å². The quantitative estimate of drug-likeness (QED) is 0.828. The lowest BCUT2D eigenvalue weighted by atomic mass is 10.0. The number of carbonyl (C=O) groups is 1. The number of nitrogen functional groups attached to an aromatic ring is 1. The summed E-state index contributed by atoms with van der Waals surface area (Å²) in [5.74, 6) is 0.182. The molecule has 0 saturated heterocycles. The van der Waals surface area contributed by atoms with Gasteiger partial charge in [-0.3, -0.25) is 0 Å². The van der Waals surface area contributed by atoms with Crippen molar-refractivity contribution in [3.05, 3.63) is 53.6 Å². The van der Waals surface area contributed by atoms with E-state index in [-0.39, 0.29) is 11.3 Å². The number of benzene rings is 2. The summed E-state index contributed by atoms with van der Waals surface area (Å²) >= 11 is 0. The van der Waals surface area contributed by atoms with Crippen LogP contribution in [0.2, 0.25) is 0 Å². The van der Waals surface area contributed by atoms with E-state index < -0.39 is 5.97 Å². The van der Waals surface area contributed by atoms with Gasteiger partial charge in [-0.25, -0.2) is 4.79 Å². The van der Waals surface area contributed by atoms with Crippen molar-refractivity contribution in [2.24, 2.45) is 0 Å². The van der Waals surface area contributed by atoms with Gasteiger partial charge in [-0.2, -0.15) is 0 Å². The zero-order chi connectivity index (χ0) is 14.7. The van der Waals surface area contributed by atoms with Crippen LogP contribution in [-0.4, -0.2) is 11.1 Å². The highest BCUT2D eigenvalue weighted by atomic mass is 16.5. The van der Waals surface area contributed by atoms with E-state index in [1.807, 2.05) is 18.2 Å². The molecule has 0 aromatic heterocycles. The van der Waals surface area contributed by atoms with Gasteiger partial charge in [0.15, 0.2) is 0 Å². The number of nitrogens with two attached hydrogens (primary N) is 1. The minimum atomic E-state index is -1.04. The number of rotatable bonds is 4. The molecule has 0 fully saturated rings. The van der Waals surface area contributed by atoms with E-state index >= 15 is 0 Å². The molecule has 4 nitrogen and oxygen atoms in total. The third-order valence-electron chi connectivity index (χ3n) is 2.99. The second-order valence-corrected chi connectivity index (χ2v) is 4.89. The van der Waals surface area contributed by atoms with Crippen LogP contribution in [0.4, 0.5) is 5.69 Å². The Morgan fingerprint density at radius 3 is 2.60 bits per heavy atom. The highest BCUT2D eigenvalue weighted by molar-refractivity contribution is 5.91. The molecule has 0 bridgehead atoms. The molecule has 20 heavy (non-hydrogen) atoms. The average Bonchev–Trinajstić information content (AvgIpc) is 2.38. The molecule has 2 rings (SSSR count). The Hall–Kier alpha value is -2.49. The van der Waals surface area contributed by atoms with Crippen LogP contribution in [0.1, 0.15) is 35.7 Å². The minimum Gasteiger partial charge on any atom is -0.478 e. The Morgan fingerprint density at radius 1 is 1.20 bits per heavy atom. The molecule has 2 aromatic carbocycles. The van der Waals surface area contributed by atoms with E-state index in [0.29, 0.717) is 17.4 Å². The van der Waals surface area contributed by atoms with Crippen LogP contribution in [-0.2, 0) is 0 Å². The average molecular weight is 271 g/mol. The van der Waals surface area contributed by atoms with Crippen LogP contribution in [0, 0.1) is 0 Å². The third kappa shape index (κ3) is 3.09. The lowest BCUT2D eigenvalue weighted by Gasteiger charge is -2.12. The zero-order valence-corrected chi connectivity index (χ0v) is 11.5. The van der Waals surface area contributed by atoms with E-state index in [4.69, 9.17) is 15.6 Å². The predicted octanol–water partition coefficient (Wildman–Crippen LogP) is 3.88.